The van der Waals surface area contributed by atoms with Crippen molar-refractivity contribution < 1.29 is 4.42 Å². The first-order valence-electron chi connectivity index (χ1n) is 8.70. The third kappa shape index (κ3) is 3.64. The van der Waals surface area contributed by atoms with Gasteiger partial charge in [-0.05, 0) is 26.3 Å². The molecule has 0 unspecified atom stereocenters. The molecule has 2 aromatic rings. The minimum Gasteiger partial charge on any atom is -0.425 e. The van der Waals surface area contributed by atoms with Crippen LogP contribution in [0.4, 0.5) is 0 Å². The molecule has 0 saturated carbocycles. The van der Waals surface area contributed by atoms with Crippen LogP contribution >= 0.6 is 0 Å². The predicted molar refractivity (Wildman–Crippen MR) is 91.6 cm³/mol. The van der Waals surface area contributed by atoms with E-state index < -0.39 is 0 Å². The van der Waals surface area contributed by atoms with Crippen molar-refractivity contribution in [3.8, 4) is 0 Å². The van der Waals surface area contributed by atoms with Crippen LogP contribution in [0.5, 0.6) is 0 Å². The summed E-state index contributed by atoms with van der Waals surface area (Å²) in [7, 11) is 0. The van der Waals surface area contributed by atoms with E-state index in [0.29, 0.717) is 17.9 Å². The highest BCUT2D eigenvalue weighted by Crippen LogP contribution is 2.32. The van der Waals surface area contributed by atoms with E-state index in [1.807, 2.05) is 19.3 Å². The van der Waals surface area contributed by atoms with Gasteiger partial charge in [0.1, 0.15) is 5.82 Å². The van der Waals surface area contributed by atoms with Gasteiger partial charge in [0.2, 0.25) is 11.8 Å². The fraction of sp³-hybridized carbons (Fsp3) is 0.667. The van der Waals surface area contributed by atoms with Gasteiger partial charge in [-0.2, -0.15) is 0 Å². The average molecular weight is 329 g/mol. The molecule has 0 radical (unpaired) electrons. The van der Waals surface area contributed by atoms with E-state index in [1.165, 1.54) is 0 Å². The Morgan fingerprint density at radius 2 is 1.92 bits per heavy atom. The van der Waals surface area contributed by atoms with Gasteiger partial charge in [0.15, 0.2) is 0 Å². The standard InChI is InChI=1S/C18H27N5O/c1-12-15(16-22-21-13(2)24-16)7-6-8-23(12)11-14-9-19-17(20-10-14)18(3,4)5/h9-10,12,15H,6-8,11H2,1-5H3/t12-,15-/m0/s1. The Balaban J connectivity index is 1.70. The fourth-order valence-corrected chi connectivity index (χ4v) is 3.29. The van der Waals surface area contributed by atoms with Crippen molar-refractivity contribution in [3.63, 3.8) is 0 Å². The minimum absolute atomic E-state index is 0.0160. The Labute approximate surface area is 143 Å². The van der Waals surface area contributed by atoms with Crippen LogP contribution in [-0.4, -0.2) is 37.7 Å². The van der Waals surface area contributed by atoms with Gasteiger partial charge in [-0.3, -0.25) is 4.90 Å². The molecule has 3 heterocycles. The summed E-state index contributed by atoms with van der Waals surface area (Å²) in [4.78, 5) is 11.5. The molecule has 0 spiro atoms. The number of nitrogens with zero attached hydrogens (tertiary/aromatic N) is 5. The molecule has 130 valence electrons. The van der Waals surface area contributed by atoms with Gasteiger partial charge in [0.25, 0.3) is 0 Å². The van der Waals surface area contributed by atoms with Gasteiger partial charge in [-0.15, -0.1) is 10.2 Å². The summed E-state index contributed by atoms with van der Waals surface area (Å²) in [5.41, 5.74) is 1.13. The van der Waals surface area contributed by atoms with Gasteiger partial charge >= 0.3 is 0 Å². The largest absolute Gasteiger partial charge is 0.425 e. The zero-order valence-corrected chi connectivity index (χ0v) is 15.3. The second-order valence-electron chi connectivity index (χ2n) is 7.78. The van der Waals surface area contributed by atoms with E-state index in [9.17, 15) is 0 Å². The molecule has 24 heavy (non-hydrogen) atoms. The summed E-state index contributed by atoms with van der Waals surface area (Å²) in [6.45, 7) is 12.4. The molecule has 1 fully saturated rings. The first-order chi connectivity index (χ1) is 11.3. The molecular weight excluding hydrogens is 302 g/mol. The van der Waals surface area contributed by atoms with Gasteiger partial charge in [0.05, 0.1) is 5.92 Å². The molecule has 0 N–H and O–H groups in total. The van der Waals surface area contributed by atoms with Gasteiger partial charge in [-0.1, -0.05) is 20.8 Å². The number of rotatable bonds is 3. The second kappa shape index (κ2) is 6.59. The van der Waals surface area contributed by atoms with Crippen LogP contribution in [0.3, 0.4) is 0 Å². The zero-order valence-electron chi connectivity index (χ0n) is 15.3. The van der Waals surface area contributed by atoms with Crippen LogP contribution in [0.2, 0.25) is 0 Å². The minimum atomic E-state index is -0.0160. The molecule has 3 rings (SSSR count). The third-order valence-corrected chi connectivity index (χ3v) is 4.74. The van der Waals surface area contributed by atoms with E-state index in [1.54, 1.807) is 0 Å². The summed E-state index contributed by atoms with van der Waals surface area (Å²) in [5.74, 6) is 2.59. The normalized spacial score (nSPS) is 22.7. The molecule has 2 aromatic heterocycles. The SMILES string of the molecule is Cc1nnc([C@H]2CCCN(Cc3cnc(C(C)(C)C)nc3)[C@H]2C)o1. The number of likely N-dealkylation sites (tertiary alicyclic amines) is 1. The Bertz CT molecular complexity index is 673. The van der Waals surface area contributed by atoms with Crippen molar-refractivity contribution in [2.75, 3.05) is 6.54 Å². The highest BCUT2D eigenvalue weighted by atomic mass is 16.4. The van der Waals surface area contributed by atoms with Crippen molar-refractivity contribution in [1.29, 1.82) is 0 Å². The Morgan fingerprint density at radius 1 is 1.21 bits per heavy atom. The molecule has 0 bridgehead atoms. The maximum atomic E-state index is 5.67. The second-order valence-corrected chi connectivity index (χ2v) is 7.78. The maximum absolute atomic E-state index is 5.67. The third-order valence-electron chi connectivity index (χ3n) is 4.74. The molecule has 1 aliphatic rings. The summed E-state index contributed by atoms with van der Waals surface area (Å²) in [6.07, 6.45) is 6.15. The number of aromatic nitrogens is 4. The highest BCUT2D eigenvalue weighted by molar-refractivity contribution is 5.10. The van der Waals surface area contributed by atoms with Crippen LogP contribution in [0.15, 0.2) is 16.8 Å². The van der Waals surface area contributed by atoms with Crippen LogP contribution in [0, 0.1) is 6.92 Å². The zero-order chi connectivity index (χ0) is 17.3. The summed E-state index contributed by atoms with van der Waals surface area (Å²) in [6, 6.07) is 0.362. The van der Waals surface area contributed by atoms with Crippen LogP contribution in [-0.2, 0) is 12.0 Å². The first kappa shape index (κ1) is 17.0. The Kier molecular flexibility index (Phi) is 4.67. The van der Waals surface area contributed by atoms with Gasteiger partial charge in [-0.25, -0.2) is 9.97 Å². The van der Waals surface area contributed by atoms with Crippen molar-refractivity contribution >= 4 is 0 Å². The fourth-order valence-electron chi connectivity index (χ4n) is 3.29. The molecule has 1 aliphatic heterocycles. The average Bonchev–Trinajstić information content (AvgIpc) is 2.95. The van der Waals surface area contributed by atoms with E-state index in [-0.39, 0.29) is 5.41 Å². The van der Waals surface area contributed by atoms with Crippen LogP contribution in [0.1, 0.15) is 69.6 Å². The quantitative estimate of drug-likeness (QED) is 0.861. The number of piperidine rings is 1. The maximum Gasteiger partial charge on any atom is 0.221 e. The predicted octanol–water partition coefficient (Wildman–Crippen LogP) is 3.23. The molecule has 0 amide bonds. The molecule has 0 aromatic carbocycles. The van der Waals surface area contributed by atoms with Crippen LogP contribution < -0.4 is 0 Å². The molecule has 6 nitrogen and oxygen atoms in total. The lowest BCUT2D eigenvalue weighted by Crippen LogP contribution is -2.41. The molecule has 2 atom stereocenters. The van der Waals surface area contributed by atoms with Gasteiger partial charge in [0, 0.05) is 42.9 Å². The number of hydrogen-bond acceptors (Lipinski definition) is 6. The lowest BCUT2D eigenvalue weighted by atomic mass is 9.90. The smallest absolute Gasteiger partial charge is 0.221 e. The van der Waals surface area contributed by atoms with E-state index in [2.05, 4.69) is 52.8 Å². The Morgan fingerprint density at radius 3 is 2.50 bits per heavy atom. The van der Waals surface area contributed by atoms with Crippen molar-refractivity contribution in [3.05, 3.63) is 35.6 Å². The molecule has 0 aliphatic carbocycles. The topological polar surface area (TPSA) is 67.9 Å². The lowest BCUT2D eigenvalue weighted by Gasteiger charge is -2.37. The molecule has 1 saturated heterocycles. The van der Waals surface area contributed by atoms with E-state index in [4.69, 9.17) is 4.42 Å². The molecule has 6 heteroatoms. The lowest BCUT2D eigenvalue weighted by molar-refractivity contribution is 0.118. The van der Waals surface area contributed by atoms with Crippen LogP contribution in [0.25, 0.3) is 0 Å². The van der Waals surface area contributed by atoms with E-state index >= 15 is 0 Å². The van der Waals surface area contributed by atoms with Gasteiger partial charge < -0.3 is 4.42 Å². The number of aryl methyl sites for hydroxylation is 1. The molecular formula is C18H27N5O. The van der Waals surface area contributed by atoms with Crippen molar-refractivity contribution in [2.45, 2.75) is 71.4 Å². The Hall–Kier alpha value is -1.82. The first-order valence-corrected chi connectivity index (χ1v) is 8.70. The monoisotopic (exact) mass is 329 g/mol. The van der Waals surface area contributed by atoms with Crippen molar-refractivity contribution in [2.24, 2.45) is 0 Å². The number of hydrogen-bond donors (Lipinski definition) is 0. The van der Waals surface area contributed by atoms with Crippen molar-refractivity contribution in [1.82, 2.24) is 25.1 Å². The summed E-state index contributed by atoms with van der Waals surface area (Å²) in [5, 5.41) is 8.21. The summed E-state index contributed by atoms with van der Waals surface area (Å²) >= 11 is 0. The van der Waals surface area contributed by atoms with E-state index in [0.717, 1.165) is 43.2 Å². The summed E-state index contributed by atoms with van der Waals surface area (Å²) < 4.78 is 5.67. The highest BCUT2D eigenvalue weighted by Gasteiger charge is 2.32.